The summed E-state index contributed by atoms with van der Waals surface area (Å²) in [6.07, 6.45) is 11.9. The van der Waals surface area contributed by atoms with E-state index in [1.807, 2.05) is 233 Å². The third-order valence-electron chi connectivity index (χ3n) is 20.4. The van der Waals surface area contributed by atoms with Crippen molar-refractivity contribution in [2.24, 2.45) is 5.92 Å². The van der Waals surface area contributed by atoms with E-state index in [4.69, 9.17) is 85.9 Å². The van der Waals surface area contributed by atoms with E-state index in [0.29, 0.717) is 167 Å². The van der Waals surface area contributed by atoms with Gasteiger partial charge in [0.1, 0.15) is 34.1 Å². The van der Waals surface area contributed by atoms with Crippen LogP contribution >= 0.6 is 11.6 Å². The van der Waals surface area contributed by atoms with Crippen LogP contribution in [0.15, 0.2) is 257 Å². The summed E-state index contributed by atoms with van der Waals surface area (Å²) in [6.45, 7) is 27.1. The Labute approximate surface area is 794 Å². The molecule has 34 nitrogen and oxygen atoms in total. The zero-order valence-electron chi connectivity index (χ0n) is 78.2. The smallest absolute Gasteiger partial charge is 0.296 e. The Hall–Kier alpha value is -16.5. The zero-order chi connectivity index (χ0) is 96.1. The van der Waals surface area contributed by atoms with Crippen molar-refractivity contribution in [3.8, 4) is 178 Å². The van der Waals surface area contributed by atoms with Gasteiger partial charge in [-0.25, -0.2) is 4.98 Å². The first-order valence-corrected chi connectivity index (χ1v) is 44.5. The topological polar surface area (TPSA) is 406 Å². The van der Waals surface area contributed by atoms with Gasteiger partial charge in [-0.15, -0.1) is 0 Å². The number of hydrogen-bond acceptors (Lipinski definition) is 34. The monoisotopic (exact) mass is 1870 g/mol. The number of methoxy groups -OCH3 is 3. The van der Waals surface area contributed by atoms with Crippen LogP contribution < -0.4 is 47.9 Å². The Morgan fingerprint density at radius 1 is 0.350 bits per heavy atom. The van der Waals surface area contributed by atoms with Crippen LogP contribution in [0.5, 0.6) is 51.7 Å². The number of aryl methyl sites for hydroxylation is 4. The molecule has 1 N–H and O–H groups in total. The summed E-state index contributed by atoms with van der Waals surface area (Å²) >= 11 is 5.86. The largest absolute Gasteiger partial charge is 0.496 e. The molecule has 0 saturated heterocycles. The molecule has 1 aliphatic rings. The number of para-hydroxylation sites is 1. The molecule has 35 heteroatoms. The molecule has 7 aromatic carbocycles. The molecule has 0 radical (unpaired) electrons. The fourth-order valence-electron chi connectivity index (χ4n) is 13.8. The number of nitrogens with one attached hydrogen (secondary N) is 1. The van der Waals surface area contributed by atoms with Gasteiger partial charge in [0, 0.05) is 105 Å². The maximum atomic E-state index is 5.86. The van der Waals surface area contributed by atoms with Gasteiger partial charge >= 0.3 is 0 Å². The minimum Gasteiger partial charge on any atom is -0.496 e. The normalized spacial score (nSPS) is 11.6. The van der Waals surface area contributed by atoms with E-state index in [2.05, 4.69) is 117 Å². The molecule has 18 aromatic rings. The Balaban J connectivity index is 0.000000131. The third kappa shape index (κ3) is 25.1. The molecule has 19 rings (SSSR count). The number of hydrogen-bond donors (Lipinski definition) is 1. The van der Waals surface area contributed by atoms with E-state index < -0.39 is 0 Å². The molecule has 1 aliphatic heterocycles. The van der Waals surface area contributed by atoms with Crippen LogP contribution in [0, 0.1) is 33.6 Å². The van der Waals surface area contributed by atoms with Gasteiger partial charge in [-0.3, -0.25) is 15.0 Å². The first-order chi connectivity index (χ1) is 66.8. The Morgan fingerprint density at radius 2 is 0.788 bits per heavy atom. The predicted octanol–water partition coefficient (Wildman–Crippen LogP) is 22.5. The van der Waals surface area contributed by atoms with Crippen LogP contribution in [0.3, 0.4) is 0 Å². The average Bonchev–Trinajstić information content (AvgIpc) is 1.65. The predicted molar refractivity (Wildman–Crippen MR) is 513 cm³/mol. The molecule has 11 aromatic heterocycles. The van der Waals surface area contributed by atoms with Crippen molar-refractivity contribution in [2.45, 2.75) is 102 Å². The van der Waals surface area contributed by atoms with Crippen LogP contribution in [0.2, 0.25) is 5.15 Å². The summed E-state index contributed by atoms with van der Waals surface area (Å²) in [5, 5.41) is 32.0. The minimum absolute atomic E-state index is 0.0287. The van der Waals surface area contributed by atoms with Gasteiger partial charge in [-0.2, -0.15) is 29.9 Å². The van der Waals surface area contributed by atoms with Crippen molar-refractivity contribution in [2.75, 3.05) is 66.3 Å². The fourth-order valence-corrected chi connectivity index (χ4v) is 14.0. The highest BCUT2D eigenvalue weighted by molar-refractivity contribution is 6.29. The first kappa shape index (κ1) is 96.5. The van der Waals surface area contributed by atoms with Gasteiger partial charge in [-0.05, 0) is 231 Å². The highest BCUT2D eigenvalue weighted by Gasteiger charge is 2.28. The molecule has 0 aliphatic carbocycles. The number of rotatable bonds is 29. The number of pyridine rings is 4. The zero-order valence-corrected chi connectivity index (χ0v) is 78.9. The van der Waals surface area contributed by atoms with Crippen LogP contribution in [0.1, 0.15) is 101 Å². The fraction of sp³-hybridized carbons (Fsp3) is 0.245. The van der Waals surface area contributed by atoms with Gasteiger partial charge in [0.25, 0.3) is 29.5 Å². The van der Waals surface area contributed by atoms with Crippen LogP contribution in [0.4, 0.5) is 5.69 Å². The summed E-state index contributed by atoms with van der Waals surface area (Å²) in [5.41, 5.74) is 15.4. The highest BCUT2D eigenvalue weighted by Crippen LogP contribution is 2.40. The molecule has 1 unspecified atom stereocenters. The van der Waals surface area contributed by atoms with Gasteiger partial charge in [-0.1, -0.05) is 122 Å². The molecule has 0 fully saturated rings. The Bertz CT molecular complexity index is 6780. The lowest BCUT2D eigenvalue weighted by atomic mass is 10.1. The second-order valence-electron chi connectivity index (χ2n) is 30.6. The lowest BCUT2D eigenvalue weighted by Gasteiger charge is -2.11. The van der Waals surface area contributed by atoms with Crippen molar-refractivity contribution in [1.29, 1.82) is 0 Å². The van der Waals surface area contributed by atoms with Crippen LogP contribution in [0.25, 0.3) is 126 Å². The molecule has 12 heterocycles. The molecular formula is C102H101ClN18O16. The SMILES string of the molecule is CCOc1ccc(-c2nc(-c3ccccn3)no2)cc1OCC.CCOc1ccc(-c2nc(-c3cccnc3)no2)cc1OCC.CCOc1ccc(-c2nc(-c3ccncc3C)no2)cc1OCC.COc1cc(-c2noc(-c3cc(CC(C)C)no3)n2)ccc1C.COc1cc(-c2noc(-c3ccnc(Cl)c3)n2)ccc1C.COc1cc(-c2noc(C3Cc4ccccc4N3)n2)ccc1C. The van der Waals surface area contributed by atoms with E-state index in [1.165, 1.54) is 5.56 Å². The quantitative estimate of drug-likeness (QED) is 0.0425. The van der Waals surface area contributed by atoms with Crippen LogP contribution in [-0.2, 0) is 12.8 Å². The molecule has 1 atom stereocenters. The van der Waals surface area contributed by atoms with Crippen molar-refractivity contribution in [1.82, 2.24) is 85.9 Å². The van der Waals surface area contributed by atoms with Crippen molar-refractivity contribution in [3.05, 3.63) is 270 Å². The number of aromatic nitrogens is 17. The minimum atomic E-state index is 0.0287. The number of anilines is 1. The summed E-state index contributed by atoms with van der Waals surface area (Å²) in [5.74, 6) is 13.1. The lowest BCUT2D eigenvalue weighted by Crippen LogP contribution is -2.05. The second kappa shape index (κ2) is 47.2. The number of halogens is 1. The highest BCUT2D eigenvalue weighted by atomic mass is 35.5. The number of nitrogens with zero attached hydrogens (tertiary/aromatic N) is 17. The van der Waals surface area contributed by atoms with E-state index in [1.54, 1.807) is 70.6 Å². The molecule has 0 bridgehead atoms. The summed E-state index contributed by atoms with van der Waals surface area (Å²) in [7, 11) is 4.93. The van der Waals surface area contributed by atoms with E-state index >= 15 is 0 Å². The van der Waals surface area contributed by atoms with Crippen molar-refractivity contribution >= 4 is 17.3 Å². The summed E-state index contributed by atoms with van der Waals surface area (Å²) in [6, 6.07) is 58.8. The molecular weight excluding hydrogens is 1770 g/mol. The van der Waals surface area contributed by atoms with E-state index in [-0.39, 0.29) is 6.04 Å². The van der Waals surface area contributed by atoms with Gasteiger partial charge < -0.3 is 79.6 Å². The first-order valence-electron chi connectivity index (χ1n) is 44.2. The lowest BCUT2D eigenvalue weighted by molar-refractivity contribution is 0.288. The standard InChI is InChI=1S/C18H19N3O3.C18H17N3O2.C17H19N3O3.2C17H17N3O3.C15H12ClN3O2/c1-4-22-15-7-6-13(10-16(15)23-5-2)18-20-17(21-24-18)14-8-9-19-11-12(14)3;1-11-7-8-13(10-16(11)22-2)17-20-18(23-21-17)15-9-12-5-3-4-6-14(12)19-15;1-10(2)7-13-9-15(22-19-13)17-18-16(20-23-17)12-6-5-11(3)14(8-12)21-4;1-3-21-14-8-7-12(10-15(14)22-4-2)17-19-16(20-23-17)13-6-5-9-18-11-13;1-3-21-14-9-8-12(11-15(14)22-4-2)17-19-16(20-23-17)13-7-5-6-10-18-13;1-9-3-4-10(7-12(9)20-2)14-18-15(21-19-14)11-5-6-17-13(16)8-11/h6-11H,4-5H2,1-3H3;3-8,10,15,19H,9H2,1-2H3;5-6,8-10H,7H2,1-4H3;2*5-11H,3-4H2,1-2H3;3-8H,1-2H3. The van der Waals surface area contributed by atoms with Crippen molar-refractivity contribution < 1.29 is 74.3 Å². The number of ether oxygens (including phenoxy) is 9. The Morgan fingerprint density at radius 3 is 1.27 bits per heavy atom. The van der Waals surface area contributed by atoms with E-state index in [9.17, 15) is 0 Å². The summed E-state index contributed by atoms with van der Waals surface area (Å²) < 4.78 is 87.0. The second-order valence-corrected chi connectivity index (χ2v) is 30.9. The third-order valence-corrected chi connectivity index (χ3v) is 20.7. The molecule has 702 valence electrons. The van der Waals surface area contributed by atoms with Gasteiger partial charge in [0.15, 0.2) is 34.5 Å². The number of benzene rings is 7. The molecule has 0 spiro atoms. The van der Waals surface area contributed by atoms with Crippen molar-refractivity contribution in [3.63, 3.8) is 0 Å². The van der Waals surface area contributed by atoms with Crippen LogP contribution in [-0.4, -0.2) is 147 Å². The molecule has 137 heavy (non-hydrogen) atoms. The maximum Gasteiger partial charge on any atom is 0.296 e. The maximum absolute atomic E-state index is 5.86. The molecule has 0 saturated carbocycles. The van der Waals surface area contributed by atoms with E-state index in [0.717, 1.165) is 114 Å². The Kier molecular flexibility index (Phi) is 33.3. The van der Waals surface area contributed by atoms with Gasteiger partial charge in [0.05, 0.1) is 66.7 Å². The average molecular weight is 1870 g/mol. The number of fused-ring (bicyclic) bond motifs is 1. The van der Waals surface area contributed by atoms with Gasteiger partial charge in [0.2, 0.25) is 46.6 Å². The molecule has 0 amide bonds. The summed E-state index contributed by atoms with van der Waals surface area (Å²) in [4.78, 5) is 42.9.